The van der Waals surface area contributed by atoms with Crippen molar-refractivity contribution in [1.29, 1.82) is 0 Å². The SMILES string of the molecule is FCc1nccnc1Cl. The first-order valence-electron chi connectivity index (χ1n) is 2.36. The molecule has 1 rings (SSSR count). The maximum absolute atomic E-state index is 11.8. The summed E-state index contributed by atoms with van der Waals surface area (Å²) < 4.78 is 11.8. The van der Waals surface area contributed by atoms with Crippen LogP contribution in [0.3, 0.4) is 0 Å². The quantitative estimate of drug-likeness (QED) is 0.602. The van der Waals surface area contributed by atoms with Gasteiger partial charge < -0.3 is 0 Å². The molecule has 0 N–H and O–H groups in total. The molecule has 48 valence electrons. The fraction of sp³-hybridized carbons (Fsp3) is 0.200. The zero-order valence-electron chi connectivity index (χ0n) is 4.51. The van der Waals surface area contributed by atoms with Gasteiger partial charge in [0.25, 0.3) is 0 Å². The molecule has 9 heavy (non-hydrogen) atoms. The van der Waals surface area contributed by atoms with Gasteiger partial charge in [-0.15, -0.1) is 0 Å². The van der Waals surface area contributed by atoms with E-state index in [0.717, 1.165) is 0 Å². The molecule has 0 fully saturated rings. The molecule has 1 aromatic rings. The lowest BCUT2D eigenvalue weighted by Gasteiger charge is -1.92. The molecule has 0 aromatic carbocycles. The Morgan fingerprint density at radius 1 is 1.44 bits per heavy atom. The summed E-state index contributed by atoms with van der Waals surface area (Å²) in [5, 5.41) is 0.139. The van der Waals surface area contributed by atoms with E-state index in [1.54, 1.807) is 0 Å². The molecule has 0 atom stereocenters. The van der Waals surface area contributed by atoms with Crippen LogP contribution in [-0.4, -0.2) is 9.97 Å². The molecule has 4 heteroatoms. The van der Waals surface area contributed by atoms with E-state index in [1.165, 1.54) is 12.4 Å². The van der Waals surface area contributed by atoms with E-state index in [0.29, 0.717) is 0 Å². The Morgan fingerprint density at radius 2 is 2.11 bits per heavy atom. The molecular weight excluding hydrogens is 143 g/mol. The van der Waals surface area contributed by atoms with Gasteiger partial charge in [0.15, 0.2) is 5.15 Å². The van der Waals surface area contributed by atoms with Gasteiger partial charge in [0.05, 0.1) is 0 Å². The standard InChI is InChI=1S/C5H4ClFN2/c6-5-4(3-7)8-1-2-9-5/h1-2H,3H2. The van der Waals surface area contributed by atoms with Crippen LogP contribution < -0.4 is 0 Å². The third-order valence-electron chi connectivity index (χ3n) is 0.850. The van der Waals surface area contributed by atoms with Gasteiger partial charge in [-0.05, 0) is 0 Å². The Kier molecular flexibility index (Phi) is 1.95. The Balaban J connectivity index is 3.01. The number of alkyl halides is 1. The minimum atomic E-state index is -0.660. The summed E-state index contributed by atoms with van der Waals surface area (Å²) in [6.07, 6.45) is 2.82. The molecular formula is C5H4ClFN2. The zero-order chi connectivity index (χ0) is 6.69. The summed E-state index contributed by atoms with van der Waals surface area (Å²) in [5.41, 5.74) is 0.194. The maximum Gasteiger partial charge on any atom is 0.153 e. The summed E-state index contributed by atoms with van der Waals surface area (Å²) >= 11 is 5.41. The summed E-state index contributed by atoms with van der Waals surface area (Å²) in [4.78, 5) is 7.24. The predicted molar refractivity (Wildman–Crippen MR) is 31.9 cm³/mol. The molecule has 0 radical (unpaired) electrons. The van der Waals surface area contributed by atoms with Crippen LogP contribution >= 0.6 is 11.6 Å². The fourth-order valence-electron chi connectivity index (χ4n) is 0.439. The molecule has 0 unspecified atom stereocenters. The van der Waals surface area contributed by atoms with Crippen LogP contribution in [0.4, 0.5) is 4.39 Å². The van der Waals surface area contributed by atoms with Gasteiger partial charge >= 0.3 is 0 Å². The molecule has 1 heterocycles. The zero-order valence-corrected chi connectivity index (χ0v) is 5.27. The molecule has 0 amide bonds. The van der Waals surface area contributed by atoms with E-state index >= 15 is 0 Å². The second kappa shape index (κ2) is 2.73. The molecule has 0 spiro atoms. The van der Waals surface area contributed by atoms with Gasteiger partial charge in [-0.2, -0.15) is 0 Å². The molecule has 0 aliphatic rings. The Morgan fingerprint density at radius 3 is 2.56 bits per heavy atom. The van der Waals surface area contributed by atoms with Crippen molar-refractivity contribution >= 4 is 11.6 Å². The summed E-state index contributed by atoms with van der Waals surface area (Å²) in [6.45, 7) is -0.660. The van der Waals surface area contributed by atoms with Crippen LogP contribution in [0.1, 0.15) is 5.69 Å². The number of hydrogen-bond acceptors (Lipinski definition) is 2. The van der Waals surface area contributed by atoms with Gasteiger partial charge in [-0.25, -0.2) is 9.37 Å². The van der Waals surface area contributed by atoms with Crippen molar-refractivity contribution in [3.8, 4) is 0 Å². The second-order valence-electron chi connectivity index (χ2n) is 1.43. The normalized spacial score (nSPS) is 9.56. The molecule has 1 aromatic heterocycles. The number of halogens is 2. The van der Waals surface area contributed by atoms with Crippen molar-refractivity contribution in [2.24, 2.45) is 0 Å². The van der Waals surface area contributed by atoms with Crippen LogP contribution in [0.2, 0.25) is 5.15 Å². The highest BCUT2D eigenvalue weighted by Crippen LogP contribution is 2.08. The van der Waals surface area contributed by atoms with E-state index in [4.69, 9.17) is 11.6 Å². The number of aromatic nitrogens is 2. The monoisotopic (exact) mass is 146 g/mol. The minimum Gasteiger partial charge on any atom is -0.254 e. The highest BCUT2D eigenvalue weighted by atomic mass is 35.5. The largest absolute Gasteiger partial charge is 0.254 e. The van der Waals surface area contributed by atoms with Gasteiger partial charge in [0.2, 0.25) is 0 Å². The summed E-state index contributed by atoms with van der Waals surface area (Å²) in [5.74, 6) is 0. The molecule has 0 aliphatic heterocycles. The lowest BCUT2D eigenvalue weighted by atomic mass is 10.5. The van der Waals surface area contributed by atoms with E-state index in [2.05, 4.69) is 9.97 Å². The third kappa shape index (κ3) is 1.36. The van der Waals surface area contributed by atoms with Crippen molar-refractivity contribution in [3.63, 3.8) is 0 Å². The van der Waals surface area contributed by atoms with E-state index < -0.39 is 6.67 Å². The van der Waals surface area contributed by atoms with Crippen molar-refractivity contribution < 1.29 is 4.39 Å². The first-order valence-corrected chi connectivity index (χ1v) is 2.73. The maximum atomic E-state index is 11.8. The summed E-state index contributed by atoms with van der Waals surface area (Å²) in [6, 6.07) is 0. The minimum absolute atomic E-state index is 0.139. The Labute approximate surface area is 56.7 Å². The topological polar surface area (TPSA) is 25.8 Å². The van der Waals surface area contributed by atoms with Gasteiger partial charge in [-0.1, -0.05) is 11.6 Å². The van der Waals surface area contributed by atoms with Crippen molar-refractivity contribution in [2.45, 2.75) is 6.67 Å². The van der Waals surface area contributed by atoms with Crippen molar-refractivity contribution in [1.82, 2.24) is 9.97 Å². The fourth-order valence-corrected chi connectivity index (χ4v) is 0.595. The van der Waals surface area contributed by atoms with Crippen LogP contribution in [0.5, 0.6) is 0 Å². The first-order chi connectivity index (χ1) is 4.34. The van der Waals surface area contributed by atoms with Crippen LogP contribution in [0.25, 0.3) is 0 Å². The first kappa shape index (κ1) is 6.42. The lowest BCUT2D eigenvalue weighted by Crippen LogP contribution is -1.87. The van der Waals surface area contributed by atoms with E-state index in [9.17, 15) is 4.39 Å². The molecule has 0 saturated carbocycles. The summed E-state index contributed by atoms with van der Waals surface area (Å²) in [7, 11) is 0. The average molecular weight is 147 g/mol. The number of nitrogens with zero attached hydrogens (tertiary/aromatic N) is 2. The van der Waals surface area contributed by atoms with Crippen molar-refractivity contribution in [3.05, 3.63) is 23.2 Å². The average Bonchev–Trinajstić information content (AvgIpc) is 1.89. The number of rotatable bonds is 1. The lowest BCUT2D eigenvalue weighted by molar-refractivity contribution is 0.475. The van der Waals surface area contributed by atoms with Gasteiger partial charge in [-0.3, -0.25) is 4.98 Å². The van der Waals surface area contributed by atoms with Gasteiger partial charge in [0, 0.05) is 12.4 Å². The van der Waals surface area contributed by atoms with E-state index in [-0.39, 0.29) is 10.8 Å². The van der Waals surface area contributed by atoms with E-state index in [1.807, 2.05) is 0 Å². The molecule has 0 bridgehead atoms. The van der Waals surface area contributed by atoms with Crippen LogP contribution in [0, 0.1) is 0 Å². The predicted octanol–water partition coefficient (Wildman–Crippen LogP) is 1.60. The molecule has 2 nitrogen and oxygen atoms in total. The van der Waals surface area contributed by atoms with Crippen molar-refractivity contribution in [2.75, 3.05) is 0 Å². The molecule has 0 saturated heterocycles. The number of hydrogen-bond donors (Lipinski definition) is 0. The second-order valence-corrected chi connectivity index (χ2v) is 1.79. The smallest absolute Gasteiger partial charge is 0.153 e. The molecule has 0 aliphatic carbocycles. The highest BCUT2D eigenvalue weighted by Gasteiger charge is 1.98. The van der Waals surface area contributed by atoms with Crippen LogP contribution in [0.15, 0.2) is 12.4 Å². The Bertz CT molecular complexity index is 204. The Hall–Kier alpha value is -0.700. The van der Waals surface area contributed by atoms with Gasteiger partial charge in [0.1, 0.15) is 12.4 Å². The third-order valence-corrected chi connectivity index (χ3v) is 1.17. The highest BCUT2D eigenvalue weighted by molar-refractivity contribution is 6.29. The van der Waals surface area contributed by atoms with Crippen LogP contribution in [-0.2, 0) is 6.67 Å².